The van der Waals surface area contributed by atoms with Crippen molar-refractivity contribution in [1.82, 2.24) is 19.7 Å². The molecule has 6 heteroatoms. The first kappa shape index (κ1) is 15.1. The fourth-order valence-corrected chi connectivity index (χ4v) is 3.24. The zero-order valence-corrected chi connectivity index (χ0v) is 13.9. The molecule has 0 saturated carbocycles. The van der Waals surface area contributed by atoms with Crippen LogP contribution in [0.3, 0.4) is 0 Å². The molecule has 0 unspecified atom stereocenters. The summed E-state index contributed by atoms with van der Waals surface area (Å²) in [5, 5.41) is 5.12. The van der Waals surface area contributed by atoms with Crippen LogP contribution in [0.5, 0.6) is 0 Å². The second-order valence-corrected chi connectivity index (χ2v) is 6.54. The minimum atomic E-state index is -0.213. The lowest BCUT2D eigenvalue weighted by atomic mass is 10.0. The number of rotatable bonds is 3. The summed E-state index contributed by atoms with van der Waals surface area (Å²) in [6.45, 7) is 5.94. The van der Waals surface area contributed by atoms with Gasteiger partial charge in [-0.25, -0.2) is 14.1 Å². The zero-order chi connectivity index (χ0) is 16.7. The standard InChI is InChI=1S/C18H20FN5/c1-12(2)13-10-14-16(11-15(13)19)21-18(24-9-5-6-20-24)22-17(14)23-7-3-4-8-23/h5-6,9-12H,3-4,7-8H2,1-2H3. The van der Waals surface area contributed by atoms with Gasteiger partial charge in [0.05, 0.1) is 5.52 Å². The second-order valence-electron chi connectivity index (χ2n) is 6.54. The van der Waals surface area contributed by atoms with E-state index in [0.717, 1.165) is 37.1 Å². The monoisotopic (exact) mass is 325 g/mol. The molecule has 0 amide bonds. The molecule has 3 aromatic rings. The highest BCUT2D eigenvalue weighted by Gasteiger charge is 2.21. The zero-order valence-electron chi connectivity index (χ0n) is 13.9. The summed E-state index contributed by atoms with van der Waals surface area (Å²) in [4.78, 5) is 11.5. The van der Waals surface area contributed by atoms with Crippen LogP contribution in [0.25, 0.3) is 16.9 Å². The van der Waals surface area contributed by atoms with Crippen LogP contribution >= 0.6 is 0 Å². The topological polar surface area (TPSA) is 46.8 Å². The van der Waals surface area contributed by atoms with Crippen LogP contribution in [-0.2, 0) is 0 Å². The van der Waals surface area contributed by atoms with E-state index in [4.69, 9.17) is 4.98 Å². The summed E-state index contributed by atoms with van der Waals surface area (Å²) < 4.78 is 16.1. The normalized spacial score (nSPS) is 14.9. The molecule has 24 heavy (non-hydrogen) atoms. The number of aromatic nitrogens is 4. The minimum absolute atomic E-state index is 0.117. The first-order valence-corrected chi connectivity index (χ1v) is 8.39. The van der Waals surface area contributed by atoms with Crippen LogP contribution in [0.4, 0.5) is 10.2 Å². The SMILES string of the molecule is CC(C)c1cc2c(N3CCCC3)nc(-n3cccn3)nc2cc1F. The number of halogens is 1. The highest BCUT2D eigenvalue weighted by Crippen LogP contribution is 2.31. The molecule has 1 aliphatic rings. The minimum Gasteiger partial charge on any atom is -0.356 e. The predicted molar refractivity (Wildman–Crippen MR) is 92.2 cm³/mol. The van der Waals surface area contributed by atoms with Gasteiger partial charge in [-0.1, -0.05) is 13.8 Å². The molecule has 0 atom stereocenters. The molecule has 4 rings (SSSR count). The van der Waals surface area contributed by atoms with E-state index in [0.29, 0.717) is 17.0 Å². The van der Waals surface area contributed by atoms with Gasteiger partial charge >= 0.3 is 0 Å². The van der Waals surface area contributed by atoms with Gasteiger partial charge < -0.3 is 4.90 Å². The average Bonchev–Trinajstić information content (AvgIpc) is 3.26. The number of hydrogen-bond acceptors (Lipinski definition) is 4. The van der Waals surface area contributed by atoms with Crippen molar-refractivity contribution in [3.8, 4) is 5.95 Å². The van der Waals surface area contributed by atoms with E-state index >= 15 is 0 Å². The summed E-state index contributed by atoms with van der Waals surface area (Å²) in [5.74, 6) is 1.26. The number of fused-ring (bicyclic) bond motifs is 1. The van der Waals surface area contributed by atoms with Crippen molar-refractivity contribution in [2.24, 2.45) is 0 Å². The van der Waals surface area contributed by atoms with Gasteiger partial charge in [-0.15, -0.1) is 0 Å². The van der Waals surface area contributed by atoms with Gasteiger partial charge in [-0.3, -0.25) is 0 Å². The van der Waals surface area contributed by atoms with E-state index in [1.54, 1.807) is 17.1 Å². The lowest BCUT2D eigenvalue weighted by Gasteiger charge is -2.20. The van der Waals surface area contributed by atoms with Crippen molar-refractivity contribution in [3.05, 3.63) is 42.0 Å². The lowest BCUT2D eigenvalue weighted by Crippen LogP contribution is -2.21. The van der Waals surface area contributed by atoms with Gasteiger partial charge in [0, 0.05) is 36.9 Å². The Morgan fingerprint density at radius 3 is 2.58 bits per heavy atom. The molecule has 2 aromatic heterocycles. The fraction of sp³-hybridized carbons (Fsp3) is 0.389. The van der Waals surface area contributed by atoms with Gasteiger partial charge in [0.2, 0.25) is 0 Å². The maximum absolute atomic E-state index is 14.5. The molecule has 0 radical (unpaired) electrons. The lowest BCUT2D eigenvalue weighted by molar-refractivity contribution is 0.600. The number of nitrogens with zero attached hydrogens (tertiary/aromatic N) is 5. The Morgan fingerprint density at radius 1 is 1.12 bits per heavy atom. The third-order valence-corrected chi connectivity index (χ3v) is 4.52. The first-order chi connectivity index (χ1) is 11.6. The molecule has 1 fully saturated rings. The Morgan fingerprint density at radius 2 is 1.92 bits per heavy atom. The van der Waals surface area contributed by atoms with E-state index < -0.39 is 0 Å². The molecule has 0 spiro atoms. The van der Waals surface area contributed by atoms with Crippen molar-refractivity contribution in [2.45, 2.75) is 32.6 Å². The van der Waals surface area contributed by atoms with Crippen molar-refractivity contribution < 1.29 is 4.39 Å². The van der Waals surface area contributed by atoms with Gasteiger partial charge in [-0.05, 0) is 36.5 Å². The van der Waals surface area contributed by atoms with Crippen molar-refractivity contribution in [2.75, 3.05) is 18.0 Å². The molecular formula is C18H20FN5. The van der Waals surface area contributed by atoms with Crippen LogP contribution < -0.4 is 4.90 Å². The van der Waals surface area contributed by atoms with Crippen LogP contribution in [-0.4, -0.2) is 32.8 Å². The van der Waals surface area contributed by atoms with E-state index in [9.17, 15) is 4.39 Å². The molecule has 1 aliphatic heterocycles. The Labute approximate surface area is 140 Å². The largest absolute Gasteiger partial charge is 0.356 e. The molecule has 3 heterocycles. The Hall–Kier alpha value is -2.50. The predicted octanol–water partition coefficient (Wildman–Crippen LogP) is 3.68. The van der Waals surface area contributed by atoms with Gasteiger partial charge in [0.25, 0.3) is 5.95 Å². The Bertz CT molecular complexity index is 867. The molecule has 1 saturated heterocycles. The summed E-state index contributed by atoms with van der Waals surface area (Å²) >= 11 is 0. The first-order valence-electron chi connectivity index (χ1n) is 8.39. The summed E-state index contributed by atoms with van der Waals surface area (Å²) in [5.41, 5.74) is 1.33. The molecule has 1 aromatic carbocycles. The van der Waals surface area contributed by atoms with E-state index in [1.165, 1.54) is 6.07 Å². The van der Waals surface area contributed by atoms with Crippen molar-refractivity contribution in [1.29, 1.82) is 0 Å². The maximum atomic E-state index is 14.5. The van der Waals surface area contributed by atoms with Crippen LogP contribution in [0.15, 0.2) is 30.6 Å². The fourth-order valence-electron chi connectivity index (χ4n) is 3.24. The van der Waals surface area contributed by atoms with Crippen LogP contribution in [0.2, 0.25) is 0 Å². The van der Waals surface area contributed by atoms with Crippen molar-refractivity contribution in [3.63, 3.8) is 0 Å². The molecule has 0 aliphatic carbocycles. The molecular weight excluding hydrogens is 305 g/mol. The van der Waals surface area contributed by atoms with Crippen molar-refractivity contribution >= 4 is 16.7 Å². The molecule has 124 valence electrons. The summed E-state index contributed by atoms with van der Waals surface area (Å²) in [6, 6.07) is 5.26. The number of anilines is 1. The Balaban J connectivity index is 1.97. The molecule has 0 N–H and O–H groups in total. The second kappa shape index (κ2) is 5.85. The third kappa shape index (κ3) is 2.52. The third-order valence-electron chi connectivity index (χ3n) is 4.52. The quantitative estimate of drug-likeness (QED) is 0.737. The van der Waals surface area contributed by atoms with E-state index in [2.05, 4.69) is 15.0 Å². The smallest absolute Gasteiger partial charge is 0.253 e. The molecule has 5 nitrogen and oxygen atoms in total. The van der Waals surface area contributed by atoms with E-state index in [1.807, 2.05) is 26.0 Å². The maximum Gasteiger partial charge on any atom is 0.253 e. The van der Waals surface area contributed by atoms with E-state index in [-0.39, 0.29) is 11.7 Å². The van der Waals surface area contributed by atoms with Gasteiger partial charge in [0.1, 0.15) is 11.6 Å². The summed E-state index contributed by atoms with van der Waals surface area (Å²) in [6.07, 6.45) is 5.79. The summed E-state index contributed by atoms with van der Waals surface area (Å²) in [7, 11) is 0. The molecule has 0 bridgehead atoms. The highest BCUT2D eigenvalue weighted by atomic mass is 19.1. The van der Waals surface area contributed by atoms with Gasteiger partial charge in [0.15, 0.2) is 0 Å². The highest BCUT2D eigenvalue weighted by molar-refractivity contribution is 5.91. The number of benzene rings is 1. The van der Waals surface area contributed by atoms with Crippen LogP contribution in [0.1, 0.15) is 38.2 Å². The Kier molecular flexibility index (Phi) is 3.67. The van der Waals surface area contributed by atoms with Crippen LogP contribution in [0, 0.1) is 5.82 Å². The van der Waals surface area contributed by atoms with Gasteiger partial charge in [-0.2, -0.15) is 10.1 Å². The average molecular weight is 325 g/mol. The number of hydrogen-bond donors (Lipinski definition) is 0.